The van der Waals surface area contributed by atoms with Gasteiger partial charge in [0.1, 0.15) is 13.2 Å². The fraction of sp³-hybridized carbons (Fsp3) is 0.655. The van der Waals surface area contributed by atoms with Crippen molar-refractivity contribution in [2.75, 3.05) is 13.2 Å². The highest BCUT2D eigenvalue weighted by molar-refractivity contribution is 5.71. The highest BCUT2D eigenvalue weighted by Crippen LogP contribution is 2.12. The van der Waals surface area contributed by atoms with Gasteiger partial charge in [0.05, 0.1) is 0 Å². The van der Waals surface area contributed by atoms with Gasteiger partial charge in [-0.3, -0.25) is 14.4 Å². The molecule has 0 aliphatic rings. The summed E-state index contributed by atoms with van der Waals surface area (Å²) in [5.74, 6) is -0.949. The standard InChI is InChI=1S/C55H90O6/c1-4-7-10-13-16-18-20-22-24-25-26-27-28-29-30-31-32-34-35-37-39-42-45-48-54(57)60-51-52(50-59-53(56)47-44-41-15-12-9-6-3)61-55(58)49-46-43-40-38-36-33-23-21-19-17-14-11-8-5-2/h7,10,14,16-18,21-24,26-27,29-30,32,34,52H,4-6,8-9,11-13,15,19-20,25,28,31,33,35-51H2,1-3H3/b10-7-,17-14-,18-16-,23-21-,24-22-,27-26-,30-29-,34-32-. The molecule has 0 saturated heterocycles. The molecule has 1 unspecified atom stereocenters. The Bertz CT molecular complexity index is 1250. The first-order valence-electron chi connectivity index (χ1n) is 24.7. The average Bonchev–Trinajstić information content (AvgIpc) is 3.26. The molecule has 1 atom stereocenters. The number of carbonyl (C=O) groups excluding carboxylic acids is 3. The van der Waals surface area contributed by atoms with Crippen molar-refractivity contribution in [2.24, 2.45) is 0 Å². The summed E-state index contributed by atoms with van der Waals surface area (Å²) in [6.45, 7) is 6.37. The van der Waals surface area contributed by atoms with Crippen molar-refractivity contribution in [3.8, 4) is 0 Å². The van der Waals surface area contributed by atoms with E-state index in [2.05, 4.69) is 118 Å². The molecule has 0 aliphatic heterocycles. The number of carbonyl (C=O) groups is 3. The summed E-state index contributed by atoms with van der Waals surface area (Å²) >= 11 is 0. The average molecular weight is 847 g/mol. The predicted molar refractivity (Wildman–Crippen MR) is 260 cm³/mol. The van der Waals surface area contributed by atoms with Crippen molar-refractivity contribution in [1.29, 1.82) is 0 Å². The van der Waals surface area contributed by atoms with Gasteiger partial charge in [-0.1, -0.05) is 195 Å². The number of rotatable bonds is 43. The quantitative estimate of drug-likeness (QED) is 0.0263. The van der Waals surface area contributed by atoms with Crippen molar-refractivity contribution in [3.63, 3.8) is 0 Å². The molecule has 0 aromatic carbocycles. The Morgan fingerprint density at radius 1 is 0.344 bits per heavy atom. The molecule has 61 heavy (non-hydrogen) atoms. The molecule has 0 bridgehead atoms. The third-order valence-corrected chi connectivity index (χ3v) is 10.1. The SMILES string of the molecule is CC/C=C\C/C=C\C/C=C\C/C=C\C/C=C\C/C=C\CCCCCCC(=O)OCC(COC(=O)CCCCCCCC)OC(=O)CCCCCCC/C=C\C/C=C\CCCC. The fourth-order valence-electron chi connectivity index (χ4n) is 6.34. The van der Waals surface area contributed by atoms with Crippen molar-refractivity contribution in [1.82, 2.24) is 0 Å². The van der Waals surface area contributed by atoms with Crippen LogP contribution in [0.1, 0.15) is 213 Å². The van der Waals surface area contributed by atoms with Crippen LogP contribution in [0.5, 0.6) is 0 Å². The molecular weight excluding hydrogens is 757 g/mol. The maximum absolute atomic E-state index is 12.7. The lowest BCUT2D eigenvalue weighted by Crippen LogP contribution is -2.30. The molecule has 0 N–H and O–H groups in total. The van der Waals surface area contributed by atoms with Crippen molar-refractivity contribution >= 4 is 17.9 Å². The normalized spacial score (nSPS) is 12.9. The third-order valence-electron chi connectivity index (χ3n) is 10.1. The monoisotopic (exact) mass is 847 g/mol. The number of ether oxygens (including phenoxy) is 3. The number of unbranched alkanes of at least 4 members (excludes halogenated alkanes) is 16. The summed E-state index contributed by atoms with van der Waals surface area (Å²) < 4.78 is 16.6. The van der Waals surface area contributed by atoms with Crippen LogP contribution in [-0.4, -0.2) is 37.2 Å². The third kappa shape index (κ3) is 47.2. The van der Waals surface area contributed by atoms with Crippen LogP contribution in [0.3, 0.4) is 0 Å². The van der Waals surface area contributed by atoms with Gasteiger partial charge in [0, 0.05) is 19.3 Å². The highest BCUT2D eigenvalue weighted by atomic mass is 16.6. The van der Waals surface area contributed by atoms with Gasteiger partial charge in [-0.05, 0) is 96.3 Å². The van der Waals surface area contributed by atoms with Gasteiger partial charge in [-0.2, -0.15) is 0 Å². The van der Waals surface area contributed by atoms with Gasteiger partial charge >= 0.3 is 17.9 Å². The second-order valence-electron chi connectivity index (χ2n) is 16.0. The Kier molecular flexibility index (Phi) is 46.0. The predicted octanol–water partition coefficient (Wildman–Crippen LogP) is 16.2. The van der Waals surface area contributed by atoms with E-state index in [0.717, 1.165) is 135 Å². The van der Waals surface area contributed by atoms with Crippen LogP contribution in [0.2, 0.25) is 0 Å². The number of esters is 3. The zero-order valence-corrected chi connectivity index (χ0v) is 39.4. The summed E-state index contributed by atoms with van der Waals surface area (Å²) in [7, 11) is 0. The smallest absolute Gasteiger partial charge is 0.306 e. The largest absolute Gasteiger partial charge is 0.462 e. The van der Waals surface area contributed by atoms with E-state index in [1.807, 2.05) is 0 Å². The number of allylic oxidation sites excluding steroid dienone is 16. The first-order valence-corrected chi connectivity index (χ1v) is 24.7. The number of hydrogen-bond acceptors (Lipinski definition) is 6. The maximum atomic E-state index is 12.7. The van der Waals surface area contributed by atoms with E-state index in [9.17, 15) is 14.4 Å². The second kappa shape index (κ2) is 49.0. The van der Waals surface area contributed by atoms with Gasteiger partial charge in [0.2, 0.25) is 0 Å². The molecule has 0 amide bonds. The van der Waals surface area contributed by atoms with Crippen LogP contribution in [0.25, 0.3) is 0 Å². The number of hydrogen-bond donors (Lipinski definition) is 0. The Balaban J connectivity index is 4.30. The molecule has 6 nitrogen and oxygen atoms in total. The van der Waals surface area contributed by atoms with Crippen LogP contribution in [0, 0.1) is 0 Å². The highest BCUT2D eigenvalue weighted by Gasteiger charge is 2.19. The van der Waals surface area contributed by atoms with Crippen LogP contribution in [0.15, 0.2) is 97.2 Å². The molecule has 346 valence electrons. The van der Waals surface area contributed by atoms with E-state index < -0.39 is 6.10 Å². The lowest BCUT2D eigenvalue weighted by atomic mass is 10.1. The molecule has 0 spiro atoms. The Labute approximate surface area is 375 Å². The molecule has 0 fully saturated rings. The summed E-state index contributed by atoms with van der Waals surface area (Å²) in [4.78, 5) is 37.7. The van der Waals surface area contributed by atoms with Crippen molar-refractivity contribution < 1.29 is 28.6 Å². The van der Waals surface area contributed by atoms with Crippen LogP contribution < -0.4 is 0 Å². The lowest BCUT2D eigenvalue weighted by molar-refractivity contribution is -0.167. The van der Waals surface area contributed by atoms with Crippen molar-refractivity contribution in [3.05, 3.63) is 97.2 Å². The minimum Gasteiger partial charge on any atom is -0.462 e. The maximum Gasteiger partial charge on any atom is 0.306 e. The van der Waals surface area contributed by atoms with E-state index in [4.69, 9.17) is 14.2 Å². The van der Waals surface area contributed by atoms with E-state index in [-0.39, 0.29) is 31.1 Å². The molecule has 0 aliphatic carbocycles. The van der Waals surface area contributed by atoms with Crippen LogP contribution >= 0.6 is 0 Å². The van der Waals surface area contributed by atoms with Crippen molar-refractivity contribution in [2.45, 2.75) is 219 Å². The van der Waals surface area contributed by atoms with Gasteiger partial charge in [-0.25, -0.2) is 0 Å². The van der Waals surface area contributed by atoms with E-state index in [1.165, 1.54) is 38.5 Å². The van der Waals surface area contributed by atoms with Crippen LogP contribution in [-0.2, 0) is 28.6 Å². The van der Waals surface area contributed by atoms with Gasteiger partial charge in [-0.15, -0.1) is 0 Å². The second-order valence-corrected chi connectivity index (χ2v) is 16.0. The van der Waals surface area contributed by atoms with E-state index in [0.29, 0.717) is 19.3 Å². The zero-order chi connectivity index (χ0) is 44.4. The first kappa shape index (κ1) is 57.3. The fourth-order valence-corrected chi connectivity index (χ4v) is 6.34. The molecular formula is C55H90O6. The molecule has 6 heteroatoms. The summed E-state index contributed by atoms with van der Waals surface area (Å²) in [5, 5.41) is 0. The van der Waals surface area contributed by atoms with Gasteiger partial charge < -0.3 is 14.2 Å². The summed E-state index contributed by atoms with van der Waals surface area (Å²) in [5.41, 5.74) is 0. The minimum absolute atomic E-state index is 0.0929. The molecule has 0 aromatic rings. The first-order chi connectivity index (χ1) is 30.0. The van der Waals surface area contributed by atoms with E-state index in [1.54, 1.807) is 0 Å². The molecule has 0 saturated carbocycles. The molecule has 0 radical (unpaired) electrons. The van der Waals surface area contributed by atoms with Crippen LogP contribution in [0.4, 0.5) is 0 Å². The zero-order valence-electron chi connectivity index (χ0n) is 39.4. The van der Waals surface area contributed by atoms with E-state index >= 15 is 0 Å². The summed E-state index contributed by atoms with van der Waals surface area (Å²) in [6, 6.07) is 0. The topological polar surface area (TPSA) is 78.9 Å². The molecule has 0 heterocycles. The molecule has 0 rings (SSSR count). The van der Waals surface area contributed by atoms with Gasteiger partial charge in [0.15, 0.2) is 6.10 Å². The minimum atomic E-state index is -0.792. The molecule has 0 aromatic heterocycles. The Hall–Kier alpha value is -3.67. The van der Waals surface area contributed by atoms with Gasteiger partial charge in [0.25, 0.3) is 0 Å². The summed E-state index contributed by atoms with van der Waals surface area (Å²) in [6.07, 6.45) is 64.1. The lowest BCUT2D eigenvalue weighted by Gasteiger charge is -2.18. The Morgan fingerprint density at radius 3 is 1.05 bits per heavy atom. The Morgan fingerprint density at radius 2 is 0.656 bits per heavy atom.